The van der Waals surface area contributed by atoms with E-state index in [4.69, 9.17) is 4.74 Å². The average Bonchev–Trinajstić information content (AvgIpc) is 2.47. The number of morpholine rings is 1. The lowest BCUT2D eigenvalue weighted by Crippen LogP contribution is -2.51. The van der Waals surface area contributed by atoms with E-state index in [2.05, 4.69) is 17.2 Å². The van der Waals surface area contributed by atoms with Gasteiger partial charge in [-0.3, -0.25) is 0 Å². The van der Waals surface area contributed by atoms with Crippen LogP contribution in [0.15, 0.2) is 18.3 Å². The zero-order valence-electron chi connectivity index (χ0n) is 12.0. The van der Waals surface area contributed by atoms with Crippen molar-refractivity contribution in [1.29, 1.82) is 0 Å². The molecule has 4 nitrogen and oxygen atoms in total. The fourth-order valence-corrected chi connectivity index (χ4v) is 2.32. The molecule has 0 spiro atoms. The number of ether oxygens (including phenoxy) is 1. The van der Waals surface area contributed by atoms with Crippen molar-refractivity contribution >= 4 is 5.82 Å². The van der Waals surface area contributed by atoms with E-state index in [0.29, 0.717) is 32.1 Å². The Morgan fingerprint density at radius 2 is 2.29 bits per heavy atom. The van der Waals surface area contributed by atoms with Gasteiger partial charge in [-0.2, -0.15) is 13.2 Å². The SMILES string of the molecule is CCCNCC1COCCN1c1cc(C(F)(F)F)ccn1. The van der Waals surface area contributed by atoms with E-state index in [1.807, 2.05) is 4.90 Å². The van der Waals surface area contributed by atoms with Crippen molar-refractivity contribution in [3.05, 3.63) is 23.9 Å². The van der Waals surface area contributed by atoms with E-state index < -0.39 is 11.7 Å². The lowest BCUT2D eigenvalue weighted by atomic mass is 10.2. The second-order valence-corrected chi connectivity index (χ2v) is 5.03. The van der Waals surface area contributed by atoms with Gasteiger partial charge >= 0.3 is 6.18 Å². The fraction of sp³-hybridized carbons (Fsp3) is 0.643. The highest BCUT2D eigenvalue weighted by molar-refractivity contribution is 5.43. The molecule has 1 aliphatic heterocycles. The van der Waals surface area contributed by atoms with E-state index in [1.165, 1.54) is 6.20 Å². The summed E-state index contributed by atoms with van der Waals surface area (Å²) in [6, 6.07) is 2.10. The van der Waals surface area contributed by atoms with Gasteiger partial charge < -0.3 is 15.0 Å². The predicted octanol–water partition coefficient (Wildman–Crippen LogP) is 2.31. The quantitative estimate of drug-likeness (QED) is 0.847. The van der Waals surface area contributed by atoms with Crippen LogP contribution >= 0.6 is 0 Å². The Bertz CT molecular complexity index is 453. The zero-order valence-corrected chi connectivity index (χ0v) is 12.0. The Morgan fingerprint density at radius 3 is 3.00 bits per heavy atom. The molecule has 21 heavy (non-hydrogen) atoms. The number of alkyl halides is 3. The summed E-state index contributed by atoms with van der Waals surface area (Å²) in [7, 11) is 0. The van der Waals surface area contributed by atoms with E-state index in [9.17, 15) is 13.2 Å². The number of nitrogens with zero attached hydrogens (tertiary/aromatic N) is 2. The molecule has 1 N–H and O–H groups in total. The van der Waals surface area contributed by atoms with Crippen molar-refractivity contribution < 1.29 is 17.9 Å². The number of rotatable bonds is 5. The van der Waals surface area contributed by atoms with Crippen molar-refractivity contribution in [2.45, 2.75) is 25.6 Å². The van der Waals surface area contributed by atoms with Gasteiger partial charge in [-0.1, -0.05) is 6.92 Å². The zero-order chi connectivity index (χ0) is 15.3. The molecule has 2 heterocycles. The first-order chi connectivity index (χ1) is 10.0. The highest BCUT2D eigenvalue weighted by Crippen LogP contribution is 2.31. The van der Waals surface area contributed by atoms with Gasteiger partial charge in [-0.25, -0.2) is 4.98 Å². The maximum absolute atomic E-state index is 12.8. The number of hydrogen-bond acceptors (Lipinski definition) is 4. The van der Waals surface area contributed by atoms with Crippen molar-refractivity contribution in [1.82, 2.24) is 10.3 Å². The Hall–Kier alpha value is -1.34. The number of halogens is 3. The summed E-state index contributed by atoms with van der Waals surface area (Å²) >= 11 is 0. The molecule has 0 radical (unpaired) electrons. The summed E-state index contributed by atoms with van der Waals surface area (Å²) in [5.74, 6) is 0.358. The second kappa shape index (κ2) is 7.09. The minimum atomic E-state index is -4.35. The van der Waals surface area contributed by atoms with Crippen LogP contribution in [0.3, 0.4) is 0 Å². The number of hydrogen-bond donors (Lipinski definition) is 1. The Labute approximate surface area is 122 Å². The molecule has 118 valence electrons. The minimum absolute atomic E-state index is 0.00119. The van der Waals surface area contributed by atoms with Crippen LogP contribution < -0.4 is 10.2 Å². The molecule has 1 unspecified atom stereocenters. The average molecular weight is 303 g/mol. The van der Waals surface area contributed by atoms with Crippen LogP contribution in [0.4, 0.5) is 19.0 Å². The lowest BCUT2D eigenvalue weighted by Gasteiger charge is -2.36. The van der Waals surface area contributed by atoms with Gasteiger partial charge in [-0.05, 0) is 25.1 Å². The molecular formula is C14H20F3N3O. The van der Waals surface area contributed by atoms with E-state index in [-0.39, 0.29) is 6.04 Å². The van der Waals surface area contributed by atoms with Crippen LogP contribution in [0.1, 0.15) is 18.9 Å². The molecule has 1 aliphatic rings. The van der Waals surface area contributed by atoms with E-state index in [1.54, 1.807) is 0 Å². The maximum atomic E-state index is 12.8. The lowest BCUT2D eigenvalue weighted by molar-refractivity contribution is -0.137. The molecule has 0 bridgehead atoms. The second-order valence-electron chi connectivity index (χ2n) is 5.03. The van der Waals surface area contributed by atoms with Gasteiger partial charge in [0.25, 0.3) is 0 Å². The molecule has 1 fully saturated rings. The highest BCUT2D eigenvalue weighted by atomic mass is 19.4. The number of nitrogens with one attached hydrogen (secondary N) is 1. The summed E-state index contributed by atoms with van der Waals surface area (Å²) in [5.41, 5.74) is -0.667. The molecule has 0 aromatic carbocycles. The summed E-state index contributed by atoms with van der Waals surface area (Å²) in [5, 5.41) is 3.28. The first-order valence-electron chi connectivity index (χ1n) is 7.10. The fourth-order valence-electron chi connectivity index (χ4n) is 2.32. The Kier molecular flexibility index (Phi) is 5.41. The van der Waals surface area contributed by atoms with Crippen LogP contribution in [-0.2, 0) is 10.9 Å². The Balaban J connectivity index is 2.13. The number of pyridine rings is 1. The first kappa shape index (κ1) is 16.0. The van der Waals surface area contributed by atoms with Gasteiger partial charge in [0, 0.05) is 19.3 Å². The summed E-state index contributed by atoms with van der Waals surface area (Å²) in [6.45, 7) is 5.16. The maximum Gasteiger partial charge on any atom is 0.416 e. The van der Waals surface area contributed by atoms with E-state index >= 15 is 0 Å². The van der Waals surface area contributed by atoms with Gasteiger partial charge in [0.05, 0.1) is 24.8 Å². The third-order valence-electron chi connectivity index (χ3n) is 3.40. The summed E-state index contributed by atoms with van der Waals surface area (Å²) in [6.07, 6.45) is -2.13. The molecule has 1 saturated heterocycles. The topological polar surface area (TPSA) is 37.4 Å². The third kappa shape index (κ3) is 4.31. The summed E-state index contributed by atoms with van der Waals surface area (Å²) < 4.78 is 43.8. The Morgan fingerprint density at radius 1 is 1.48 bits per heavy atom. The van der Waals surface area contributed by atoms with Crippen LogP contribution in [0.5, 0.6) is 0 Å². The summed E-state index contributed by atoms with van der Waals surface area (Å²) in [4.78, 5) is 5.99. The van der Waals surface area contributed by atoms with Crippen molar-refractivity contribution in [3.63, 3.8) is 0 Å². The van der Waals surface area contributed by atoms with Gasteiger partial charge in [0.2, 0.25) is 0 Å². The van der Waals surface area contributed by atoms with Crippen molar-refractivity contribution in [3.8, 4) is 0 Å². The predicted molar refractivity (Wildman–Crippen MR) is 74.4 cm³/mol. The van der Waals surface area contributed by atoms with Gasteiger partial charge in [-0.15, -0.1) is 0 Å². The number of aromatic nitrogens is 1. The van der Waals surface area contributed by atoms with Gasteiger partial charge in [0.1, 0.15) is 5.82 Å². The molecule has 0 amide bonds. The monoisotopic (exact) mass is 303 g/mol. The molecule has 1 aromatic heterocycles. The van der Waals surface area contributed by atoms with Crippen LogP contribution in [-0.4, -0.2) is 43.9 Å². The molecule has 7 heteroatoms. The van der Waals surface area contributed by atoms with Crippen LogP contribution in [0, 0.1) is 0 Å². The highest BCUT2D eigenvalue weighted by Gasteiger charge is 2.32. The molecule has 2 rings (SSSR count). The normalized spacial score (nSPS) is 19.8. The van der Waals surface area contributed by atoms with Crippen LogP contribution in [0.25, 0.3) is 0 Å². The molecule has 0 saturated carbocycles. The standard InChI is InChI=1S/C14H20F3N3O/c1-2-4-18-9-12-10-21-7-6-20(12)13-8-11(3-5-19-13)14(15,16)17/h3,5,8,12,18H,2,4,6-7,9-10H2,1H3. The van der Waals surface area contributed by atoms with Crippen molar-refractivity contribution in [2.75, 3.05) is 37.7 Å². The van der Waals surface area contributed by atoms with E-state index in [0.717, 1.165) is 25.1 Å². The molecular weight excluding hydrogens is 283 g/mol. The molecule has 1 atom stereocenters. The van der Waals surface area contributed by atoms with Gasteiger partial charge in [0.15, 0.2) is 0 Å². The van der Waals surface area contributed by atoms with Crippen LogP contribution in [0.2, 0.25) is 0 Å². The number of anilines is 1. The molecule has 1 aromatic rings. The third-order valence-corrected chi connectivity index (χ3v) is 3.40. The smallest absolute Gasteiger partial charge is 0.377 e. The minimum Gasteiger partial charge on any atom is -0.377 e. The molecule has 0 aliphatic carbocycles. The first-order valence-corrected chi connectivity index (χ1v) is 7.10. The van der Waals surface area contributed by atoms with Crippen molar-refractivity contribution in [2.24, 2.45) is 0 Å². The largest absolute Gasteiger partial charge is 0.416 e.